The van der Waals surface area contributed by atoms with E-state index in [1.54, 1.807) is 0 Å². The Kier molecular flexibility index (Phi) is 2.68. The quantitative estimate of drug-likeness (QED) is 0.588. The van der Waals surface area contributed by atoms with Crippen LogP contribution < -0.4 is 5.32 Å². The number of amides is 1. The maximum Gasteiger partial charge on any atom is 0.220 e. The van der Waals surface area contributed by atoms with Crippen LogP contribution in [0.15, 0.2) is 0 Å². The summed E-state index contributed by atoms with van der Waals surface area (Å²) in [7, 11) is 0. The van der Waals surface area contributed by atoms with Gasteiger partial charge in [-0.15, -0.1) is 0 Å². The zero-order chi connectivity index (χ0) is 7.40. The van der Waals surface area contributed by atoms with Crippen LogP contribution in [0.25, 0.3) is 0 Å². The lowest BCUT2D eigenvalue weighted by Gasteiger charge is -2.06. The normalized spacial score (nSPS) is 24.7. The number of hydrogen-bond acceptors (Lipinski definition) is 2. The molecule has 1 unspecified atom stereocenters. The fraction of sp³-hybridized carbons (Fsp3) is 0.714. The van der Waals surface area contributed by atoms with Crippen LogP contribution in [0.3, 0.4) is 0 Å². The van der Waals surface area contributed by atoms with Gasteiger partial charge in [0.1, 0.15) is 0 Å². The Morgan fingerprint density at radius 2 is 2.60 bits per heavy atom. The zero-order valence-electron chi connectivity index (χ0n) is 5.93. The summed E-state index contributed by atoms with van der Waals surface area (Å²) in [6.07, 6.45) is 1.06. The molecule has 1 aliphatic rings. The molecule has 1 atom stereocenters. The summed E-state index contributed by atoms with van der Waals surface area (Å²) >= 11 is 0. The molecular weight excluding hydrogens is 130 g/mol. The van der Waals surface area contributed by atoms with Crippen LogP contribution in [0.4, 0.5) is 0 Å². The lowest BCUT2D eigenvalue weighted by molar-refractivity contribution is -0.116. The van der Waals surface area contributed by atoms with Gasteiger partial charge in [0.15, 0.2) is 0 Å². The van der Waals surface area contributed by atoms with Gasteiger partial charge in [0, 0.05) is 26.0 Å². The van der Waals surface area contributed by atoms with Crippen LogP contribution in [0.5, 0.6) is 0 Å². The third-order valence-corrected chi connectivity index (χ3v) is 1.61. The van der Waals surface area contributed by atoms with Gasteiger partial charge in [-0.05, 0) is 6.42 Å². The molecule has 1 fully saturated rings. The second kappa shape index (κ2) is 3.56. The van der Waals surface area contributed by atoms with Gasteiger partial charge in [-0.3, -0.25) is 4.79 Å². The minimum absolute atomic E-state index is 0.202. The van der Waals surface area contributed by atoms with Gasteiger partial charge in [0.05, 0.1) is 6.61 Å². The summed E-state index contributed by atoms with van der Waals surface area (Å²) in [6, 6.07) is 0. The molecule has 1 N–H and O–H groups in total. The van der Waals surface area contributed by atoms with E-state index >= 15 is 0 Å². The first-order valence-corrected chi connectivity index (χ1v) is 3.46. The maximum absolute atomic E-state index is 10.3. The van der Waals surface area contributed by atoms with Gasteiger partial charge in [-0.1, -0.05) is 0 Å². The molecule has 0 spiro atoms. The Bertz CT molecular complexity index is 119. The number of nitrogens with one attached hydrogen (secondary N) is 1. The lowest BCUT2D eigenvalue weighted by atomic mass is 10.1. The Morgan fingerprint density at radius 3 is 3.10 bits per heavy atom. The van der Waals surface area contributed by atoms with Crippen molar-refractivity contribution >= 4 is 5.91 Å². The van der Waals surface area contributed by atoms with Crippen molar-refractivity contribution in [2.24, 2.45) is 5.92 Å². The van der Waals surface area contributed by atoms with Gasteiger partial charge >= 0.3 is 0 Å². The smallest absolute Gasteiger partial charge is 0.220 e. The molecule has 1 saturated heterocycles. The third kappa shape index (κ3) is 2.35. The fourth-order valence-corrected chi connectivity index (χ4v) is 1.00. The largest absolute Gasteiger partial charge is 0.381 e. The number of carbonyl (C=O) groups is 1. The first-order chi connectivity index (χ1) is 4.79. The molecule has 0 bridgehead atoms. The molecule has 3 nitrogen and oxygen atoms in total. The molecule has 0 aromatic heterocycles. The Hall–Kier alpha value is -0.570. The molecule has 0 aromatic rings. The molecule has 0 saturated carbocycles. The van der Waals surface area contributed by atoms with Crippen LogP contribution in [-0.4, -0.2) is 25.7 Å². The molecule has 1 rings (SSSR count). The van der Waals surface area contributed by atoms with E-state index in [1.807, 2.05) is 0 Å². The topological polar surface area (TPSA) is 38.3 Å². The second-order valence-electron chi connectivity index (χ2n) is 2.53. The number of rotatable bonds is 2. The second-order valence-corrected chi connectivity index (χ2v) is 2.53. The minimum Gasteiger partial charge on any atom is -0.381 e. The summed E-state index contributed by atoms with van der Waals surface area (Å²) in [5.41, 5.74) is 0. The van der Waals surface area contributed by atoms with Crippen molar-refractivity contribution in [1.82, 2.24) is 5.32 Å². The van der Waals surface area contributed by atoms with E-state index in [9.17, 15) is 4.79 Å². The van der Waals surface area contributed by atoms with E-state index in [4.69, 9.17) is 4.74 Å². The van der Waals surface area contributed by atoms with Crippen molar-refractivity contribution in [3.63, 3.8) is 0 Å². The van der Waals surface area contributed by atoms with Gasteiger partial charge in [-0.25, -0.2) is 0 Å². The van der Waals surface area contributed by atoms with Gasteiger partial charge < -0.3 is 10.1 Å². The van der Waals surface area contributed by atoms with Crippen LogP contribution in [0, 0.1) is 12.8 Å². The molecule has 3 heteroatoms. The lowest BCUT2D eigenvalue weighted by Crippen LogP contribution is -2.27. The van der Waals surface area contributed by atoms with Gasteiger partial charge in [-0.2, -0.15) is 0 Å². The molecule has 1 amide bonds. The highest BCUT2D eigenvalue weighted by atomic mass is 16.5. The van der Waals surface area contributed by atoms with Crippen LogP contribution in [0.2, 0.25) is 0 Å². The van der Waals surface area contributed by atoms with Gasteiger partial charge in [0.2, 0.25) is 5.91 Å². The molecule has 0 aromatic carbocycles. The van der Waals surface area contributed by atoms with Crippen molar-refractivity contribution in [1.29, 1.82) is 0 Å². The van der Waals surface area contributed by atoms with E-state index in [-0.39, 0.29) is 5.91 Å². The van der Waals surface area contributed by atoms with Crippen LogP contribution >= 0.6 is 0 Å². The van der Waals surface area contributed by atoms with Crippen molar-refractivity contribution in [2.75, 3.05) is 19.8 Å². The van der Waals surface area contributed by atoms with E-state index in [0.717, 1.165) is 19.6 Å². The van der Waals surface area contributed by atoms with E-state index in [2.05, 4.69) is 12.2 Å². The highest BCUT2D eigenvalue weighted by Gasteiger charge is 2.14. The minimum atomic E-state index is -0.202. The fourth-order valence-electron chi connectivity index (χ4n) is 1.00. The van der Waals surface area contributed by atoms with Crippen molar-refractivity contribution in [3.8, 4) is 0 Å². The molecule has 1 heterocycles. The molecule has 10 heavy (non-hydrogen) atoms. The summed E-state index contributed by atoms with van der Waals surface area (Å²) in [6.45, 7) is 5.53. The molecular formula is C7H12NO2. The monoisotopic (exact) mass is 142 g/mol. The zero-order valence-corrected chi connectivity index (χ0v) is 5.93. The van der Waals surface area contributed by atoms with Crippen molar-refractivity contribution in [3.05, 3.63) is 6.92 Å². The first kappa shape index (κ1) is 7.54. The van der Waals surface area contributed by atoms with Crippen molar-refractivity contribution in [2.45, 2.75) is 6.42 Å². The summed E-state index contributed by atoms with van der Waals surface area (Å²) in [4.78, 5) is 10.3. The molecule has 1 radical (unpaired) electrons. The van der Waals surface area contributed by atoms with Crippen molar-refractivity contribution < 1.29 is 9.53 Å². The molecule has 57 valence electrons. The molecule has 1 aliphatic heterocycles. The highest BCUT2D eigenvalue weighted by molar-refractivity contribution is 5.79. The maximum atomic E-state index is 10.3. The first-order valence-electron chi connectivity index (χ1n) is 3.46. The van der Waals surface area contributed by atoms with E-state index in [0.29, 0.717) is 12.5 Å². The Labute approximate surface area is 60.7 Å². The predicted molar refractivity (Wildman–Crippen MR) is 37.3 cm³/mol. The summed E-state index contributed by atoms with van der Waals surface area (Å²) in [5.74, 6) is 0.303. The number of carbonyl (C=O) groups excluding carboxylic acids is 1. The number of ether oxygens (including phenoxy) is 1. The predicted octanol–water partition coefficient (Wildman–Crippen LogP) is -0.0268. The highest BCUT2D eigenvalue weighted by Crippen LogP contribution is 2.10. The molecule has 0 aliphatic carbocycles. The summed E-state index contributed by atoms with van der Waals surface area (Å²) < 4.78 is 5.12. The third-order valence-electron chi connectivity index (χ3n) is 1.61. The van der Waals surface area contributed by atoms with Crippen LogP contribution in [0.1, 0.15) is 6.42 Å². The average molecular weight is 142 g/mol. The Balaban J connectivity index is 2.07. The number of hydrogen-bond donors (Lipinski definition) is 1. The summed E-state index contributed by atoms with van der Waals surface area (Å²) in [5, 5.41) is 2.66. The average Bonchev–Trinajstić information content (AvgIpc) is 2.34. The van der Waals surface area contributed by atoms with Gasteiger partial charge in [0.25, 0.3) is 0 Å². The standard InChI is InChI=1S/C7H12NO2/c1-6(9)8-4-7-2-3-10-5-7/h7H,1-5H2,(H,8,9). The SMILES string of the molecule is [CH2]C(=O)NCC1CCOC1. The van der Waals surface area contributed by atoms with E-state index in [1.165, 1.54) is 0 Å². The van der Waals surface area contributed by atoms with Crippen LogP contribution in [-0.2, 0) is 9.53 Å². The Morgan fingerprint density at radius 1 is 1.80 bits per heavy atom. The van der Waals surface area contributed by atoms with E-state index < -0.39 is 0 Å².